The molecular weight excluding hydrogens is 292 g/mol. The fourth-order valence-electron chi connectivity index (χ4n) is 2.27. The Morgan fingerprint density at radius 3 is 2.57 bits per heavy atom. The van der Waals surface area contributed by atoms with Crippen molar-refractivity contribution in [2.45, 2.75) is 13.5 Å². The maximum Gasteiger partial charge on any atom is 0.172 e. The minimum absolute atomic E-state index is 0.329. The smallest absolute Gasteiger partial charge is 0.172 e. The molecule has 2 N–H and O–H groups in total. The van der Waals surface area contributed by atoms with Gasteiger partial charge in [-0.3, -0.25) is 0 Å². The Kier molecular flexibility index (Phi) is 4.47. The van der Waals surface area contributed by atoms with Crippen LogP contribution < -0.4 is 15.2 Å². The number of nitrogens with two attached hydrogens (primary N) is 1. The summed E-state index contributed by atoms with van der Waals surface area (Å²) in [4.78, 5) is 0. The molecule has 0 saturated carbocycles. The molecule has 0 amide bonds. The molecule has 0 aliphatic rings. The minimum atomic E-state index is 0.329. The van der Waals surface area contributed by atoms with E-state index in [1.807, 2.05) is 55.5 Å². The van der Waals surface area contributed by atoms with E-state index >= 15 is 0 Å². The Morgan fingerprint density at radius 1 is 1.04 bits per heavy atom. The summed E-state index contributed by atoms with van der Waals surface area (Å²) in [5, 5.41) is 3.73. The van der Waals surface area contributed by atoms with Crippen molar-refractivity contribution in [2.75, 3.05) is 12.3 Å². The summed E-state index contributed by atoms with van der Waals surface area (Å²) in [6, 6.07) is 17.3. The van der Waals surface area contributed by atoms with Crippen molar-refractivity contribution in [3.63, 3.8) is 0 Å². The Hall–Kier alpha value is -2.95. The molecule has 0 atom stereocenters. The summed E-state index contributed by atoms with van der Waals surface area (Å²) in [6.07, 6.45) is 0. The van der Waals surface area contributed by atoms with Gasteiger partial charge in [0.2, 0.25) is 0 Å². The van der Waals surface area contributed by atoms with Crippen LogP contribution in [0.5, 0.6) is 11.5 Å². The van der Waals surface area contributed by atoms with Crippen LogP contribution in [0.4, 0.5) is 5.82 Å². The largest absolute Gasteiger partial charge is 0.490 e. The minimum Gasteiger partial charge on any atom is -0.490 e. The second-order valence-electron chi connectivity index (χ2n) is 4.96. The molecule has 2 aromatic carbocycles. The molecule has 23 heavy (non-hydrogen) atoms. The quantitative estimate of drug-likeness (QED) is 0.747. The number of benzene rings is 2. The highest BCUT2D eigenvalue weighted by Gasteiger charge is 2.16. The first kappa shape index (κ1) is 15.0. The molecule has 3 rings (SSSR count). The van der Waals surface area contributed by atoms with Gasteiger partial charge in [0, 0.05) is 6.07 Å². The third-order valence-corrected chi connectivity index (χ3v) is 3.30. The second kappa shape index (κ2) is 6.87. The average molecular weight is 310 g/mol. The van der Waals surface area contributed by atoms with E-state index in [9.17, 15) is 0 Å². The van der Waals surface area contributed by atoms with Crippen molar-refractivity contribution in [3.05, 3.63) is 60.2 Å². The predicted octanol–water partition coefficient (Wildman–Crippen LogP) is 3.90. The fourth-order valence-corrected chi connectivity index (χ4v) is 2.27. The summed E-state index contributed by atoms with van der Waals surface area (Å²) in [7, 11) is 0. The number of rotatable bonds is 6. The number of hydrogen-bond acceptors (Lipinski definition) is 5. The molecule has 0 saturated heterocycles. The van der Waals surface area contributed by atoms with Crippen LogP contribution in [-0.2, 0) is 6.61 Å². The van der Waals surface area contributed by atoms with Gasteiger partial charge in [-0.05, 0) is 24.6 Å². The van der Waals surface area contributed by atoms with Gasteiger partial charge in [-0.15, -0.1) is 0 Å². The molecule has 3 aromatic rings. The number of aromatic nitrogens is 1. The molecule has 1 aromatic heterocycles. The Labute approximate surface area is 134 Å². The first-order valence-electron chi connectivity index (χ1n) is 7.43. The fraction of sp³-hybridized carbons (Fsp3) is 0.167. The molecule has 0 aliphatic heterocycles. The molecule has 5 heteroatoms. The summed E-state index contributed by atoms with van der Waals surface area (Å²) in [5.74, 6) is 2.16. The van der Waals surface area contributed by atoms with Crippen LogP contribution in [0.15, 0.2) is 59.1 Å². The van der Waals surface area contributed by atoms with Gasteiger partial charge in [-0.25, -0.2) is 0 Å². The van der Waals surface area contributed by atoms with Gasteiger partial charge in [-0.1, -0.05) is 41.6 Å². The van der Waals surface area contributed by atoms with Crippen LogP contribution in [0.25, 0.3) is 11.3 Å². The standard InChI is InChI=1S/C18H18N2O3/c1-2-21-15-10-6-9-14(16-11-17(19)20-23-16)18(15)22-12-13-7-4-3-5-8-13/h3-11H,2,12H2,1H3,(H2,19,20). The van der Waals surface area contributed by atoms with Gasteiger partial charge < -0.3 is 19.7 Å². The van der Waals surface area contributed by atoms with Crippen molar-refractivity contribution >= 4 is 5.82 Å². The van der Waals surface area contributed by atoms with E-state index in [0.29, 0.717) is 36.3 Å². The van der Waals surface area contributed by atoms with Gasteiger partial charge in [0.25, 0.3) is 0 Å². The molecule has 0 spiro atoms. The van der Waals surface area contributed by atoms with Crippen molar-refractivity contribution < 1.29 is 14.0 Å². The zero-order valence-corrected chi connectivity index (χ0v) is 12.9. The number of ether oxygens (including phenoxy) is 2. The molecule has 5 nitrogen and oxygen atoms in total. The highest BCUT2D eigenvalue weighted by atomic mass is 16.5. The SMILES string of the molecule is CCOc1cccc(-c2cc(N)no2)c1OCc1ccccc1. The number of para-hydroxylation sites is 1. The van der Waals surface area contributed by atoms with Gasteiger partial charge in [-0.2, -0.15) is 0 Å². The van der Waals surface area contributed by atoms with Crippen molar-refractivity contribution in [2.24, 2.45) is 0 Å². The maximum absolute atomic E-state index is 6.02. The van der Waals surface area contributed by atoms with Crippen LogP contribution in [0.2, 0.25) is 0 Å². The van der Waals surface area contributed by atoms with Gasteiger partial charge in [0.15, 0.2) is 23.1 Å². The Morgan fingerprint density at radius 2 is 1.87 bits per heavy atom. The zero-order valence-electron chi connectivity index (χ0n) is 12.9. The summed E-state index contributed by atoms with van der Waals surface area (Å²) in [6.45, 7) is 2.91. The van der Waals surface area contributed by atoms with E-state index < -0.39 is 0 Å². The lowest BCUT2D eigenvalue weighted by Gasteiger charge is -2.14. The number of anilines is 1. The van der Waals surface area contributed by atoms with Crippen LogP contribution in [-0.4, -0.2) is 11.8 Å². The van der Waals surface area contributed by atoms with E-state index in [2.05, 4.69) is 5.16 Å². The van der Waals surface area contributed by atoms with Crippen molar-refractivity contribution in [1.82, 2.24) is 5.16 Å². The average Bonchev–Trinajstić information content (AvgIpc) is 3.01. The van der Waals surface area contributed by atoms with Gasteiger partial charge >= 0.3 is 0 Å². The third kappa shape index (κ3) is 3.45. The monoisotopic (exact) mass is 310 g/mol. The number of nitrogens with zero attached hydrogens (tertiary/aromatic N) is 1. The molecule has 0 radical (unpaired) electrons. The van der Waals surface area contributed by atoms with Gasteiger partial charge in [0.1, 0.15) is 6.61 Å². The molecule has 118 valence electrons. The number of hydrogen-bond donors (Lipinski definition) is 1. The number of nitrogen functional groups attached to an aromatic ring is 1. The summed E-state index contributed by atoms with van der Waals surface area (Å²) in [5.41, 5.74) is 7.48. The topological polar surface area (TPSA) is 70.5 Å². The van der Waals surface area contributed by atoms with E-state index in [0.717, 1.165) is 11.1 Å². The normalized spacial score (nSPS) is 10.5. The second-order valence-corrected chi connectivity index (χ2v) is 4.96. The summed E-state index contributed by atoms with van der Waals surface area (Å²) < 4.78 is 17.0. The maximum atomic E-state index is 6.02. The lowest BCUT2D eigenvalue weighted by molar-refractivity contribution is 0.269. The predicted molar refractivity (Wildman–Crippen MR) is 88.3 cm³/mol. The molecular formula is C18H18N2O3. The Bertz CT molecular complexity index is 769. The van der Waals surface area contributed by atoms with E-state index in [1.54, 1.807) is 6.07 Å². The molecule has 0 bridgehead atoms. The van der Waals surface area contributed by atoms with Gasteiger partial charge in [0.05, 0.1) is 12.2 Å². The highest BCUT2D eigenvalue weighted by molar-refractivity contribution is 5.71. The lowest BCUT2D eigenvalue weighted by Crippen LogP contribution is -2.01. The lowest BCUT2D eigenvalue weighted by atomic mass is 10.1. The van der Waals surface area contributed by atoms with Crippen molar-refractivity contribution in [3.8, 4) is 22.8 Å². The molecule has 0 fully saturated rings. The summed E-state index contributed by atoms with van der Waals surface area (Å²) >= 11 is 0. The van der Waals surface area contributed by atoms with Crippen LogP contribution in [0, 0.1) is 0 Å². The third-order valence-electron chi connectivity index (χ3n) is 3.30. The molecule has 1 heterocycles. The molecule has 0 aliphatic carbocycles. The van der Waals surface area contributed by atoms with Crippen molar-refractivity contribution in [1.29, 1.82) is 0 Å². The Balaban J connectivity index is 1.94. The van der Waals surface area contributed by atoms with Crippen LogP contribution in [0.1, 0.15) is 12.5 Å². The van der Waals surface area contributed by atoms with E-state index in [-0.39, 0.29) is 0 Å². The molecule has 0 unspecified atom stereocenters. The zero-order chi connectivity index (χ0) is 16.1. The first-order chi connectivity index (χ1) is 11.3. The van der Waals surface area contributed by atoms with E-state index in [1.165, 1.54) is 0 Å². The van der Waals surface area contributed by atoms with Crippen LogP contribution >= 0.6 is 0 Å². The van der Waals surface area contributed by atoms with Crippen LogP contribution in [0.3, 0.4) is 0 Å². The first-order valence-corrected chi connectivity index (χ1v) is 7.43. The van der Waals surface area contributed by atoms with E-state index in [4.69, 9.17) is 19.7 Å². The highest BCUT2D eigenvalue weighted by Crippen LogP contribution is 2.39.